The highest BCUT2D eigenvalue weighted by Crippen LogP contribution is 2.44. The maximum atomic E-state index is 14.8. The minimum atomic E-state index is -1.49. The van der Waals surface area contributed by atoms with Gasteiger partial charge in [-0.2, -0.15) is 0 Å². The predicted molar refractivity (Wildman–Crippen MR) is 192 cm³/mol. The van der Waals surface area contributed by atoms with Crippen molar-refractivity contribution in [1.29, 1.82) is 0 Å². The van der Waals surface area contributed by atoms with Crippen LogP contribution < -0.4 is 24.3 Å². The Labute approximate surface area is 298 Å². The fourth-order valence-electron chi connectivity index (χ4n) is 5.78. The number of hydrogen-bond donors (Lipinski definition) is 2. The third-order valence-electron chi connectivity index (χ3n) is 8.26. The van der Waals surface area contributed by atoms with Crippen LogP contribution in [-0.4, -0.2) is 57.0 Å². The van der Waals surface area contributed by atoms with Gasteiger partial charge in [-0.25, -0.2) is 4.99 Å². The quantitative estimate of drug-likeness (QED) is 0.0549. The van der Waals surface area contributed by atoms with E-state index >= 15 is 0 Å². The molecule has 0 bridgehead atoms. The molecule has 5 rings (SSSR count). The molecular weight excluding hydrogens is 706 g/mol. The number of methoxy groups -OCH3 is 3. The van der Waals surface area contributed by atoms with E-state index in [0.717, 1.165) is 21.2 Å². The van der Waals surface area contributed by atoms with Gasteiger partial charge in [-0.15, -0.1) is 0 Å². The molecule has 2 atom stereocenters. The summed E-state index contributed by atoms with van der Waals surface area (Å²) in [5, 5.41) is 16.0. The summed E-state index contributed by atoms with van der Waals surface area (Å²) in [6, 6.07) is 25.9. The minimum Gasteiger partial charge on any atom is -0.494 e. The van der Waals surface area contributed by atoms with Gasteiger partial charge >= 0.3 is 0 Å². The molecule has 0 spiro atoms. The summed E-state index contributed by atoms with van der Waals surface area (Å²) in [5.41, 5.74) is 11.3. The second-order valence-electron chi connectivity index (χ2n) is 11.4. The number of aliphatic hydroxyl groups is 1. The molecule has 0 fully saturated rings. The van der Waals surface area contributed by atoms with Gasteiger partial charge < -0.3 is 34.1 Å². The first-order chi connectivity index (χ1) is 24.3. The molecular formula is C37H38BrN5O7. The number of aliphatic imine (C=N–C) groups is 1. The van der Waals surface area contributed by atoms with Crippen LogP contribution in [0.5, 0.6) is 23.0 Å². The second-order valence-corrected chi connectivity index (χ2v) is 12.3. The lowest BCUT2D eigenvalue weighted by atomic mass is 9.81. The molecule has 0 saturated carbocycles. The van der Waals surface area contributed by atoms with Crippen molar-refractivity contribution in [3.8, 4) is 23.0 Å². The van der Waals surface area contributed by atoms with E-state index in [0.29, 0.717) is 47.2 Å². The Hall–Kier alpha value is -5.23. The number of nitrogens with zero attached hydrogens (tertiary/aromatic N) is 4. The molecule has 1 heterocycles. The smallest absolute Gasteiger partial charge is 0.252 e. The van der Waals surface area contributed by atoms with E-state index in [1.165, 1.54) is 21.3 Å². The van der Waals surface area contributed by atoms with E-state index in [1.807, 2.05) is 60.7 Å². The Bertz CT molecular complexity index is 1840. The topological polar surface area (TPSA) is 157 Å². The molecule has 2 N–H and O–H groups in total. The number of rotatable bonds is 16. The largest absolute Gasteiger partial charge is 0.494 e. The van der Waals surface area contributed by atoms with E-state index in [2.05, 4.69) is 31.3 Å². The molecule has 0 radical (unpaired) electrons. The highest BCUT2D eigenvalue weighted by Gasteiger charge is 2.53. The molecule has 1 aliphatic heterocycles. The number of benzene rings is 4. The lowest BCUT2D eigenvalue weighted by Gasteiger charge is -2.31. The van der Waals surface area contributed by atoms with Crippen LogP contribution in [0.15, 0.2) is 99.5 Å². The van der Waals surface area contributed by atoms with Crippen LogP contribution in [0.3, 0.4) is 0 Å². The molecule has 0 unspecified atom stereocenters. The molecule has 4 aromatic rings. The molecule has 260 valence electrons. The second kappa shape index (κ2) is 16.9. The molecule has 13 heteroatoms. The van der Waals surface area contributed by atoms with Gasteiger partial charge in [-0.05, 0) is 76.3 Å². The third kappa shape index (κ3) is 8.14. The van der Waals surface area contributed by atoms with Gasteiger partial charge in [0.2, 0.25) is 11.6 Å². The van der Waals surface area contributed by atoms with Gasteiger partial charge in [-0.3, -0.25) is 4.79 Å². The van der Waals surface area contributed by atoms with Gasteiger partial charge in [0, 0.05) is 40.9 Å². The fourth-order valence-corrected chi connectivity index (χ4v) is 6.04. The molecule has 1 aliphatic rings. The maximum absolute atomic E-state index is 14.8. The van der Waals surface area contributed by atoms with Gasteiger partial charge in [0.1, 0.15) is 5.75 Å². The average molecular weight is 745 g/mol. The summed E-state index contributed by atoms with van der Waals surface area (Å²) in [7, 11) is 4.59. The van der Waals surface area contributed by atoms with Crippen molar-refractivity contribution in [2.24, 2.45) is 10.1 Å². The average Bonchev–Trinajstić information content (AvgIpc) is 3.53. The van der Waals surface area contributed by atoms with E-state index in [9.17, 15) is 4.79 Å². The monoisotopic (exact) mass is 743 g/mol. The van der Waals surface area contributed by atoms with Crippen molar-refractivity contribution >= 4 is 27.7 Å². The first-order valence-electron chi connectivity index (χ1n) is 15.9. The van der Waals surface area contributed by atoms with Gasteiger partial charge in [0.25, 0.3) is 5.91 Å². The number of amides is 1. The van der Waals surface area contributed by atoms with Crippen LogP contribution in [0.25, 0.3) is 10.4 Å². The van der Waals surface area contributed by atoms with E-state index < -0.39 is 11.6 Å². The van der Waals surface area contributed by atoms with Crippen LogP contribution >= 0.6 is 15.9 Å². The van der Waals surface area contributed by atoms with Crippen LogP contribution in [0, 0.1) is 0 Å². The van der Waals surface area contributed by atoms with Gasteiger partial charge in [0.05, 0.1) is 34.5 Å². The number of ether oxygens (including phenoxy) is 5. The number of nitrogens with one attached hydrogen (secondary N) is 1. The summed E-state index contributed by atoms with van der Waals surface area (Å²) in [6.45, 7) is 0.642. The van der Waals surface area contributed by atoms with Crippen molar-refractivity contribution in [2.75, 3.05) is 34.5 Å². The lowest BCUT2D eigenvalue weighted by molar-refractivity contribution is -0.129. The Kier molecular flexibility index (Phi) is 12.2. The Morgan fingerprint density at radius 2 is 1.68 bits per heavy atom. The number of carbonyl (C=O) groups is 1. The first-order valence-corrected chi connectivity index (χ1v) is 16.7. The van der Waals surface area contributed by atoms with E-state index in [1.54, 1.807) is 24.3 Å². The zero-order valence-corrected chi connectivity index (χ0v) is 29.6. The predicted octanol–water partition coefficient (Wildman–Crippen LogP) is 6.86. The Morgan fingerprint density at radius 3 is 2.30 bits per heavy atom. The van der Waals surface area contributed by atoms with Gasteiger partial charge in [-0.1, -0.05) is 57.4 Å². The SMILES string of the molecule is COc1cc(CNC(=O)[C@]2(Cc3ccccc3CN=[N+]=[N-])N=C(c3ccc(OCCCO)cc3)O[C@@H]2c2ccc(Br)cc2)cc(OC)c1OC. The standard InChI is InChI=1S/C37H38BrN5O7/c1-46-31-19-24(20-32(47-2)33(31)48-3)22-40-36(45)37(21-27-7-4-5-8-28(27)23-41-43-39)34(25-9-13-29(38)14-10-25)50-35(42-37)26-11-15-30(16-12-26)49-18-6-17-44/h4-5,7-16,19-20,34,44H,6,17-18,21-23H2,1-3H3,(H,40,45)/t34-,37-/m1/s1. The van der Waals surface area contributed by atoms with Crippen molar-refractivity contribution in [1.82, 2.24) is 5.32 Å². The van der Waals surface area contributed by atoms with Crippen molar-refractivity contribution < 1.29 is 33.6 Å². The third-order valence-corrected chi connectivity index (χ3v) is 8.79. The maximum Gasteiger partial charge on any atom is 0.252 e. The normalized spacial score (nSPS) is 16.4. The molecule has 0 saturated heterocycles. The molecule has 0 aromatic heterocycles. The molecule has 12 nitrogen and oxygen atoms in total. The van der Waals surface area contributed by atoms with Crippen molar-refractivity contribution in [2.45, 2.75) is 37.6 Å². The van der Waals surface area contributed by atoms with Gasteiger partial charge in [0.15, 0.2) is 23.1 Å². The number of halogens is 1. The summed E-state index contributed by atoms with van der Waals surface area (Å²) in [5.74, 6) is 1.90. The summed E-state index contributed by atoms with van der Waals surface area (Å²) >= 11 is 3.52. The van der Waals surface area contributed by atoms with Crippen LogP contribution in [0.1, 0.15) is 40.3 Å². The summed E-state index contributed by atoms with van der Waals surface area (Å²) < 4.78 is 29.8. The highest BCUT2D eigenvalue weighted by atomic mass is 79.9. The minimum absolute atomic E-state index is 0.0376. The number of azide groups is 1. The molecule has 4 aromatic carbocycles. The number of carbonyl (C=O) groups excluding carboxylic acids is 1. The Morgan fingerprint density at radius 1 is 1.00 bits per heavy atom. The van der Waals surface area contributed by atoms with Crippen LogP contribution in [0.2, 0.25) is 0 Å². The van der Waals surface area contributed by atoms with Crippen molar-refractivity contribution in [3.63, 3.8) is 0 Å². The van der Waals surface area contributed by atoms with E-state index in [-0.39, 0.29) is 37.9 Å². The zero-order chi connectivity index (χ0) is 35.5. The van der Waals surface area contributed by atoms with Crippen LogP contribution in [0.4, 0.5) is 0 Å². The van der Waals surface area contributed by atoms with E-state index in [4.69, 9.17) is 39.3 Å². The van der Waals surface area contributed by atoms with Crippen molar-refractivity contribution in [3.05, 3.63) is 128 Å². The molecule has 50 heavy (non-hydrogen) atoms. The molecule has 1 amide bonds. The Balaban J connectivity index is 1.60. The molecule has 0 aliphatic carbocycles. The lowest BCUT2D eigenvalue weighted by Crippen LogP contribution is -2.49. The summed E-state index contributed by atoms with van der Waals surface area (Å²) in [4.78, 5) is 22.9. The summed E-state index contributed by atoms with van der Waals surface area (Å²) in [6.07, 6.45) is -0.183. The van der Waals surface area contributed by atoms with Crippen LogP contribution in [-0.2, 0) is 29.0 Å². The fraction of sp³-hybridized carbons (Fsp3) is 0.297. The first kappa shape index (κ1) is 36.1. The number of aliphatic hydroxyl groups excluding tert-OH is 1. The highest BCUT2D eigenvalue weighted by molar-refractivity contribution is 9.10. The number of hydrogen-bond acceptors (Lipinski definition) is 9. The zero-order valence-electron chi connectivity index (χ0n) is 28.0.